The van der Waals surface area contributed by atoms with Crippen molar-refractivity contribution in [2.45, 2.75) is 0 Å². The molecule has 0 spiro atoms. The molecule has 1 aliphatic rings. The predicted molar refractivity (Wildman–Crippen MR) is 253 cm³/mol. The second-order valence-corrected chi connectivity index (χ2v) is 16.9. The van der Waals surface area contributed by atoms with E-state index in [4.69, 9.17) is 28.4 Å². The van der Waals surface area contributed by atoms with Gasteiger partial charge < -0.3 is 28.4 Å². The summed E-state index contributed by atoms with van der Waals surface area (Å²) < 4.78 is 35.7. The molecule has 1 aliphatic heterocycles. The van der Waals surface area contributed by atoms with E-state index in [0.717, 1.165) is 71.2 Å². The molecule has 0 fully saturated rings. The van der Waals surface area contributed by atoms with Crippen LogP contribution in [0.5, 0.6) is 57.5 Å². The first-order chi connectivity index (χ1) is 35.3. The van der Waals surface area contributed by atoms with Gasteiger partial charge >= 0.3 is 22.7 Å². The molecule has 0 unspecified atom stereocenters. The first kappa shape index (κ1) is 48.3. The van der Waals surface area contributed by atoms with E-state index in [2.05, 4.69) is 20.6 Å². The number of carbonyl (C=O) groups is 2. The summed E-state index contributed by atoms with van der Waals surface area (Å²) in [6.07, 6.45) is 0. The van der Waals surface area contributed by atoms with Crippen LogP contribution in [0, 0.1) is 60.7 Å². The van der Waals surface area contributed by atoms with E-state index in [-0.39, 0.29) is 33.1 Å². The van der Waals surface area contributed by atoms with Crippen LogP contribution in [-0.2, 0) is 9.59 Å². The van der Waals surface area contributed by atoms with Crippen LogP contribution < -0.4 is 39.1 Å². The molecule has 0 saturated carbocycles. The molecule has 2 N–H and O–H groups in total. The van der Waals surface area contributed by atoms with Crippen molar-refractivity contribution in [2.75, 3.05) is 23.8 Å². The number of anilines is 2. The summed E-state index contributed by atoms with van der Waals surface area (Å²) in [4.78, 5) is 101. The summed E-state index contributed by atoms with van der Waals surface area (Å²) in [5, 5.41) is 77.0. The van der Waals surface area contributed by atoms with Crippen molar-refractivity contribution in [2.24, 2.45) is 0 Å². The van der Waals surface area contributed by atoms with E-state index in [1.54, 1.807) is 0 Å². The zero-order valence-electron chi connectivity index (χ0n) is 36.2. The first-order valence-corrected chi connectivity index (χ1v) is 21.9. The van der Waals surface area contributed by atoms with Crippen molar-refractivity contribution in [3.8, 4) is 57.5 Å². The molecule has 0 radical (unpaired) electrons. The second kappa shape index (κ2) is 19.6. The average molecular weight is 1050 g/mol. The highest BCUT2D eigenvalue weighted by Crippen LogP contribution is 2.48. The Morgan fingerprint density at radius 3 is 1.07 bits per heavy atom. The van der Waals surface area contributed by atoms with Gasteiger partial charge in [-0.15, -0.1) is 0 Å². The molecule has 0 aliphatic carbocycles. The molecule has 2 amide bonds. The van der Waals surface area contributed by atoms with Gasteiger partial charge in [-0.25, -0.2) is 9.97 Å². The van der Waals surface area contributed by atoms with Crippen LogP contribution in [0.1, 0.15) is 0 Å². The molecule has 372 valence electrons. The fraction of sp³-hybridized carbons (Fsp3) is 0.0476. The quantitative estimate of drug-likeness (QED) is 0.0755. The minimum atomic E-state index is -1.02. The third-order valence-corrected chi connectivity index (χ3v) is 11.8. The van der Waals surface area contributed by atoms with Gasteiger partial charge in [0.1, 0.15) is 46.6 Å². The fourth-order valence-corrected chi connectivity index (χ4v) is 8.58. The highest BCUT2D eigenvalue weighted by Gasteiger charge is 2.31. The Hall–Kier alpha value is -10.8. The molecule has 8 bridgehead atoms. The van der Waals surface area contributed by atoms with Crippen LogP contribution >= 0.6 is 22.7 Å². The van der Waals surface area contributed by atoms with Gasteiger partial charge in [-0.1, -0.05) is 22.7 Å². The zero-order valence-corrected chi connectivity index (χ0v) is 37.8. The minimum absolute atomic E-state index is 0.0356. The summed E-state index contributed by atoms with van der Waals surface area (Å²) in [7, 11) is 0. The summed E-state index contributed by atoms with van der Waals surface area (Å²) in [6.45, 7) is -1.56. The smallest absolute Gasteiger partial charge is 0.318 e. The number of non-ortho nitro benzene ring substituents is 2. The maximum atomic E-state index is 13.1. The summed E-state index contributed by atoms with van der Waals surface area (Å²) >= 11 is 1.83. The number of fused-ring (bicyclic) bond motifs is 10. The fourth-order valence-electron chi connectivity index (χ4n) is 6.75. The lowest BCUT2D eigenvalue weighted by Crippen LogP contribution is -2.20. The molecule has 74 heavy (non-hydrogen) atoms. The predicted octanol–water partition coefficient (Wildman–Crippen LogP) is 9.87. The van der Waals surface area contributed by atoms with Crippen molar-refractivity contribution < 1.29 is 67.6 Å². The van der Waals surface area contributed by atoms with Crippen molar-refractivity contribution in [3.63, 3.8) is 0 Å². The molecule has 0 saturated heterocycles. The normalized spacial score (nSPS) is 11.5. The number of hydrogen-bond acceptors (Lipinski definition) is 24. The van der Waals surface area contributed by atoms with Gasteiger partial charge in [-0.2, -0.15) is 0 Å². The number of nitrogens with one attached hydrogen (secondary N) is 2. The number of amides is 2. The highest BCUT2D eigenvalue weighted by atomic mass is 32.1. The topological polar surface area (TPSA) is 398 Å². The maximum Gasteiger partial charge on any atom is 0.318 e. The van der Waals surface area contributed by atoms with Crippen molar-refractivity contribution in [1.29, 1.82) is 0 Å². The first-order valence-electron chi connectivity index (χ1n) is 20.2. The Kier molecular flexibility index (Phi) is 12.8. The van der Waals surface area contributed by atoms with Crippen LogP contribution in [0.3, 0.4) is 0 Å². The number of nitro benzene ring substituents is 6. The third kappa shape index (κ3) is 10.5. The number of benzene rings is 6. The number of ether oxygens (including phenoxy) is 6. The van der Waals surface area contributed by atoms with Gasteiger partial charge in [-0.05, 0) is 12.1 Å². The zero-order chi connectivity index (χ0) is 52.5. The summed E-state index contributed by atoms with van der Waals surface area (Å²) in [5.74, 6) is -6.67. The Bertz CT molecular complexity index is 3400. The average Bonchev–Trinajstić information content (AvgIpc) is 3.94. The Morgan fingerprint density at radius 2 is 0.770 bits per heavy atom. The Labute approximate surface area is 414 Å². The number of rotatable bonds is 14. The molecule has 3 heterocycles. The Morgan fingerprint density at radius 1 is 0.446 bits per heavy atom. The summed E-state index contributed by atoms with van der Waals surface area (Å²) in [5.41, 5.74) is -3.66. The standard InChI is InChI=1S/C42H22N10O20S2/c53-39(45-41-43-27-3-1-19(47(55)56)5-37(27)73-41)17-67-21-7-23-11-24(8-21)70-34-16-36(32(52(65)66)14-30(34)50(61)62)72-26-10-22(68-18-40(54)46-42-44-28-4-2-20(48(57)58)6-38(28)74-42)9-25(12-26)71-35-15-33(69-23)29(49(59)60)13-31(35)51(63)64/h1-16H,17-18H2,(H,43,45,53)(H,44,46,54). The van der Waals surface area contributed by atoms with Gasteiger partial charge in [0.25, 0.3) is 23.2 Å². The van der Waals surface area contributed by atoms with E-state index < -0.39 is 123 Å². The van der Waals surface area contributed by atoms with Crippen LogP contribution in [0.15, 0.2) is 97.1 Å². The number of aromatic nitrogens is 2. The molecular weight excluding hydrogens is 1030 g/mol. The van der Waals surface area contributed by atoms with E-state index in [9.17, 15) is 70.3 Å². The number of nitro groups is 6. The van der Waals surface area contributed by atoms with Gasteiger partial charge in [-0.3, -0.25) is 80.9 Å². The van der Waals surface area contributed by atoms with Gasteiger partial charge in [0.15, 0.2) is 23.5 Å². The van der Waals surface area contributed by atoms with Gasteiger partial charge in [0.2, 0.25) is 23.0 Å². The lowest BCUT2D eigenvalue weighted by atomic mass is 10.2. The highest BCUT2D eigenvalue weighted by molar-refractivity contribution is 7.22. The summed E-state index contributed by atoms with van der Waals surface area (Å²) in [6, 6.07) is 16.7. The molecule has 30 nitrogen and oxygen atoms in total. The molecule has 2 aromatic heterocycles. The third-order valence-electron chi connectivity index (χ3n) is 9.88. The monoisotopic (exact) mass is 1050 g/mol. The SMILES string of the molecule is O=C(COc1cc2cc(c1)Oc1cc(c([N+](=O)[O-])cc1[N+](=O)[O-])Oc1cc(OCC(=O)Nc3nc4ccc([N+](=O)[O-])cc4s3)cc(c1)Oc1cc(c([N+](=O)[O-])cc1[N+](=O)[O-])O2)Nc1nc2ccc([N+](=O)[O-])cc2s1. The lowest BCUT2D eigenvalue weighted by molar-refractivity contribution is -0.395. The number of nitrogens with zero attached hydrogens (tertiary/aromatic N) is 8. The van der Waals surface area contributed by atoms with E-state index in [1.807, 2.05) is 0 Å². The van der Waals surface area contributed by atoms with Crippen molar-refractivity contribution >= 4 is 99.3 Å². The van der Waals surface area contributed by atoms with Crippen LogP contribution in [0.4, 0.5) is 44.4 Å². The second-order valence-electron chi connectivity index (χ2n) is 14.8. The minimum Gasteiger partial charge on any atom is -0.483 e. The van der Waals surface area contributed by atoms with E-state index in [0.29, 0.717) is 32.6 Å². The van der Waals surface area contributed by atoms with Crippen LogP contribution in [0.25, 0.3) is 20.4 Å². The molecule has 32 heteroatoms. The van der Waals surface area contributed by atoms with Gasteiger partial charge in [0.05, 0.1) is 50.0 Å². The maximum absolute atomic E-state index is 13.1. The molecule has 8 aromatic rings. The number of carbonyl (C=O) groups excluding carboxylic acids is 2. The molecule has 6 aromatic carbocycles. The largest absolute Gasteiger partial charge is 0.483 e. The van der Waals surface area contributed by atoms with E-state index in [1.165, 1.54) is 36.4 Å². The molecule has 0 atom stereocenters. The van der Waals surface area contributed by atoms with Crippen molar-refractivity contribution in [1.82, 2.24) is 9.97 Å². The number of hydrogen-bond donors (Lipinski definition) is 2. The molecular formula is C42H22N10O20S2. The molecule has 9 rings (SSSR count). The van der Waals surface area contributed by atoms with Crippen molar-refractivity contribution in [3.05, 3.63) is 158 Å². The van der Waals surface area contributed by atoms with Crippen LogP contribution in [0.2, 0.25) is 0 Å². The Balaban J connectivity index is 1.07. The van der Waals surface area contributed by atoms with Gasteiger partial charge in [0, 0.05) is 72.8 Å². The lowest BCUT2D eigenvalue weighted by Gasteiger charge is -2.16. The van der Waals surface area contributed by atoms with E-state index >= 15 is 0 Å². The van der Waals surface area contributed by atoms with Crippen LogP contribution in [-0.4, -0.2) is 64.5 Å². The number of thiazole rings is 2.